The van der Waals surface area contributed by atoms with Gasteiger partial charge in [0, 0.05) is 24.2 Å². The lowest BCUT2D eigenvalue weighted by atomic mass is 9.94. The standard InChI is InChI=1S/C42H44FN5O4S/c1-4-28(2)20-23-47(3)22-8-10-29-16-18-36(34(43)26-29)52-25-9-12-31-17-19-38(45-39(31)41(50)51)48-24-21-30-11-7-13-32(33(30)27-48)40(49)46-42-44-35-14-5-6-15-37(35)53-42/h5-7,11,13-19,26,28H,4,9,12,20-25,27H2,1-3H3,(H,50,51)(H,44,46,49). The van der Waals surface area contributed by atoms with Gasteiger partial charge < -0.3 is 14.7 Å². The molecule has 1 aliphatic heterocycles. The molecule has 0 fully saturated rings. The van der Waals surface area contributed by atoms with Crippen LogP contribution >= 0.6 is 11.3 Å². The smallest absolute Gasteiger partial charge is 0.354 e. The number of aromatic nitrogens is 2. The van der Waals surface area contributed by atoms with Crippen LogP contribution in [-0.4, -0.2) is 65.1 Å². The number of nitrogens with one attached hydrogen (secondary N) is 1. The number of amides is 1. The Balaban J connectivity index is 1.04. The van der Waals surface area contributed by atoms with Gasteiger partial charge in [0.15, 0.2) is 22.4 Å². The van der Waals surface area contributed by atoms with Gasteiger partial charge in [0.2, 0.25) is 0 Å². The first-order valence-corrected chi connectivity index (χ1v) is 18.9. The Morgan fingerprint density at radius 2 is 1.96 bits per heavy atom. The molecule has 1 atom stereocenters. The van der Waals surface area contributed by atoms with Gasteiger partial charge in [0.05, 0.1) is 23.4 Å². The van der Waals surface area contributed by atoms with E-state index in [0.29, 0.717) is 72.5 Å². The molecule has 0 saturated carbocycles. The lowest BCUT2D eigenvalue weighted by Crippen LogP contribution is -2.33. The highest BCUT2D eigenvalue weighted by atomic mass is 32.1. The number of pyridine rings is 1. The first kappa shape index (κ1) is 37.4. The molecule has 3 aromatic carbocycles. The normalized spacial score (nSPS) is 13.0. The van der Waals surface area contributed by atoms with Gasteiger partial charge in [0.1, 0.15) is 5.82 Å². The van der Waals surface area contributed by atoms with Crippen molar-refractivity contribution in [2.75, 3.05) is 43.5 Å². The molecule has 2 N–H and O–H groups in total. The van der Waals surface area contributed by atoms with E-state index in [1.165, 1.54) is 17.4 Å². The predicted molar refractivity (Wildman–Crippen MR) is 209 cm³/mol. The second-order valence-corrected chi connectivity index (χ2v) is 14.5. The number of hydrogen-bond donors (Lipinski definition) is 2. The van der Waals surface area contributed by atoms with Crippen LogP contribution in [0.15, 0.2) is 72.8 Å². The fourth-order valence-corrected chi connectivity index (χ4v) is 7.12. The summed E-state index contributed by atoms with van der Waals surface area (Å²) in [6.45, 7) is 7.26. The van der Waals surface area contributed by atoms with E-state index in [-0.39, 0.29) is 24.0 Å². The van der Waals surface area contributed by atoms with Gasteiger partial charge in [-0.2, -0.15) is 0 Å². The average molecular weight is 734 g/mol. The predicted octanol–water partition coefficient (Wildman–Crippen LogP) is 8.07. The molecular formula is C42H44FN5O4S. The monoisotopic (exact) mass is 733 g/mol. The minimum Gasteiger partial charge on any atom is -0.491 e. The molecular weight excluding hydrogens is 690 g/mol. The number of benzene rings is 3. The number of fused-ring (bicyclic) bond motifs is 2. The Hall–Kier alpha value is -5.31. The number of nitrogens with zero attached hydrogens (tertiary/aromatic N) is 4. The molecule has 9 nitrogen and oxygen atoms in total. The van der Waals surface area contributed by atoms with Crippen molar-refractivity contribution in [2.24, 2.45) is 5.92 Å². The van der Waals surface area contributed by atoms with Gasteiger partial charge in [-0.1, -0.05) is 73.8 Å². The zero-order valence-electron chi connectivity index (χ0n) is 30.3. The lowest BCUT2D eigenvalue weighted by Gasteiger charge is -2.31. The Kier molecular flexibility index (Phi) is 12.3. The quantitative estimate of drug-likeness (QED) is 0.0872. The van der Waals surface area contributed by atoms with Crippen LogP contribution in [-0.2, 0) is 19.4 Å². The topological polar surface area (TPSA) is 108 Å². The summed E-state index contributed by atoms with van der Waals surface area (Å²) < 4.78 is 21.5. The molecule has 2 aromatic heterocycles. The summed E-state index contributed by atoms with van der Waals surface area (Å²) in [7, 11) is 2.04. The third-order valence-electron chi connectivity index (χ3n) is 9.58. The molecule has 0 saturated heterocycles. The Bertz CT molecular complexity index is 2130. The van der Waals surface area contributed by atoms with E-state index < -0.39 is 11.8 Å². The van der Waals surface area contributed by atoms with E-state index in [2.05, 4.69) is 45.9 Å². The molecule has 1 amide bonds. The fraction of sp³-hybridized carbons (Fsp3) is 0.333. The van der Waals surface area contributed by atoms with Crippen molar-refractivity contribution in [3.8, 4) is 17.6 Å². The van der Waals surface area contributed by atoms with Gasteiger partial charge in [-0.25, -0.2) is 19.2 Å². The number of ether oxygens (including phenoxy) is 1. The van der Waals surface area contributed by atoms with Crippen molar-refractivity contribution < 1.29 is 23.8 Å². The highest BCUT2D eigenvalue weighted by Gasteiger charge is 2.25. The van der Waals surface area contributed by atoms with E-state index in [9.17, 15) is 19.1 Å². The molecule has 274 valence electrons. The summed E-state index contributed by atoms with van der Waals surface area (Å²) in [5.41, 5.74) is 4.46. The maximum atomic E-state index is 14.8. The second-order valence-electron chi connectivity index (χ2n) is 13.5. The molecule has 11 heteroatoms. The van der Waals surface area contributed by atoms with Crippen molar-refractivity contribution >= 4 is 44.4 Å². The molecule has 1 aliphatic rings. The van der Waals surface area contributed by atoms with Crippen LogP contribution in [0, 0.1) is 23.6 Å². The van der Waals surface area contributed by atoms with Gasteiger partial charge in [-0.15, -0.1) is 0 Å². The van der Waals surface area contributed by atoms with Crippen LogP contribution in [0.1, 0.15) is 76.2 Å². The van der Waals surface area contributed by atoms with Crippen LogP contribution < -0.4 is 15.0 Å². The number of halogens is 1. The number of carbonyl (C=O) groups is 2. The largest absolute Gasteiger partial charge is 0.491 e. The summed E-state index contributed by atoms with van der Waals surface area (Å²) >= 11 is 1.42. The Morgan fingerprint density at radius 1 is 1.11 bits per heavy atom. The number of thiazole rings is 1. The number of carboxylic acid groups (broad SMARTS) is 1. The molecule has 0 aliphatic carbocycles. The van der Waals surface area contributed by atoms with Crippen LogP contribution in [0.4, 0.5) is 15.3 Å². The zero-order chi connectivity index (χ0) is 37.3. The van der Waals surface area contributed by atoms with Gasteiger partial charge in [-0.3, -0.25) is 15.0 Å². The molecule has 3 heterocycles. The second kappa shape index (κ2) is 17.5. The zero-order valence-corrected chi connectivity index (χ0v) is 31.1. The van der Waals surface area contributed by atoms with Crippen LogP contribution in [0.25, 0.3) is 10.2 Å². The van der Waals surface area contributed by atoms with Crippen molar-refractivity contribution in [1.29, 1.82) is 0 Å². The number of carboxylic acids is 1. The summed E-state index contributed by atoms with van der Waals surface area (Å²) in [5.74, 6) is 5.64. The number of para-hydroxylation sites is 1. The number of aryl methyl sites for hydroxylation is 1. The lowest BCUT2D eigenvalue weighted by molar-refractivity contribution is 0.0689. The third-order valence-corrected chi connectivity index (χ3v) is 10.5. The van der Waals surface area contributed by atoms with Crippen LogP contribution in [0.3, 0.4) is 0 Å². The van der Waals surface area contributed by atoms with Crippen molar-refractivity contribution in [2.45, 2.75) is 52.5 Å². The van der Waals surface area contributed by atoms with E-state index >= 15 is 0 Å². The minimum absolute atomic E-state index is 0.0326. The van der Waals surface area contributed by atoms with E-state index in [1.807, 2.05) is 54.4 Å². The first-order valence-electron chi connectivity index (χ1n) is 18.0. The molecule has 1 unspecified atom stereocenters. The Morgan fingerprint density at radius 3 is 2.75 bits per heavy atom. The highest BCUT2D eigenvalue weighted by molar-refractivity contribution is 7.22. The maximum absolute atomic E-state index is 14.8. The van der Waals surface area contributed by atoms with Crippen LogP contribution in [0.2, 0.25) is 0 Å². The van der Waals surface area contributed by atoms with Gasteiger partial charge >= 0.3 is 5.97 Å². The molecule has 0 radical (unpaired) electrons. The van der Waals surface area contributed by atoms with Crippen LogP contribution in [0.5, 0.6) is 5.75 Å². The maximum Gasteiger partial charge on any atom is 0.354 e. The number of hydrogen-bond acceptors (Lipinski definition) is 8. The fourth-order valence-electron chi connectivity index (χ4n) is 6.26. The Labute approximate surface area is 313 Å². The van der Waals surface area contributed by atoms with E-state index in [1.54, 1.807) is 24.3 Å². The number of anilines is 2. The van der Waals surface area contributed by atoms with Crippen molar-refractivity contribution in [3.05, 3.63) is 112 Å². The summed E-state index contributed by atoms with van der Waals surface area (Å²) in [5, 5.41) is 13.6. The molecule has 5 aromatic rings. The summed E-state index contributed by atoms with van der Waals surface area (Å²) in [6.07, 6.45) is 3.83. The average Bonchev–Trinajstić information content (AvgIpc) is 3.58. The molecule has 0 spiro atoms. The first-order chi connectivity index (χ1) is 25.7. The highest BCUT2D eigenvalue weighted by Crippen LogP contribution is 2.30. The molecule has 53 heavy (non-hydrogen) atoms. The van der Waals surface area contributed by atoms with Gasteiger partial charge in [-0.05, 0) is 104 Å². The van der Waals surface area contributed by atoms with Crippen molar-refractivity contribution in [3.63, 3.8) is 0 Å². The van der Waals surface area contributed by atoms with Gasteiger partial charge in [0.25, 0.3) is 5.91 Å². The van der Waals surface area contributed by atoms with E-state index in [0.717, 1.165) is 40.7 Å². The van der Waals surface area contributed by atoms with E-state index in [4.69, 9.17) is 4.74 Å². The van der Waals surface area contributed by atoms with Crippen molar-refractivity contribution in [1.82, 2.24) is 14.9 Å². The number of aromatic carboxylic acids is 1. The number of rotatable bonds is 14. The minimum atomic E-state index is -1.12. The SMILES string of the molecule is CCC(C)CCN(C)CC#Cc1ccc(OCCCc2ccc(N3CCc4cccc(C(=O)Nc5nc6ccccc6s5)c4C3)nc2C(=O)O)c(F)c1. The summed E-state index contributed by atoms with van der Waals surface area (Å²) in [4.78, 5) is 39.0. The molecule has 6 rings (SSSR count). The summed E-state index contributed by atoms with van der Waals surface area (Å²) in [6, 6.07) is 21.7. The molecule has 0 bridgehead atoms. The third kappa shape index (κ3) is 9.57. The number of carbonyl (C=O) groups excluding carboxylic acids is 1.